The summed E-state index contributed by atoms with van der Waals surface area (Å²) in [5.41, 5.74) is 0. The minimum absolute atomic E-state index is 0.990. The van der Waals surface area contributed by atoms with Gasteiger partial charge in [-0.3, -0.25) is 0 Å². The first kappa shape index (κ1) is 11.0. The van der Waals surface area contributed by atoms with E-state index in [0.717, 1.165) is 34.8 Å². The molecule has 2 aliphatic heterocycles. The van der Waals surface area contributed by atoms with Crippen molar-refractivity contribution in [3.8, 4) is 0 Å². The van der Waals surface area contributed by atoms with Gasteiger partial charge in [0.05, 0.1) is 0 Å². The Hall–Kier alpha value is 0.480. The first-order valence-electron chi connectivity index (χ1n) is 4.70. The van der Waals surface area contributed by atoms with Gasteiger partial charge in [0.2, 0.25) is 0 Å². The van der Waals surface area contributed by atoms with Crippen LogP contribution in [0.3, 0.4) is 0 Å². The van der Waals surface area contributed by atoms with E-state index < -0.39 is 0 Å². The summed E-state index contributed by atoms with van der Waals surface area (Å²) < 4.78 is 1.98. The van der Waals surface area contributed by atoms with Crippen molar-refractivity contribution in [2.75, 3.05) is 26.2 Å². The van der Waals surface area contributed by atoms with E-state index in [9.17, 15) is 0 Å². The lowest BCUT2D eigenvalue weighted by atomic mass is 10.2. The van der Waals surface area contributed by atoms with Gasteiger partial charge in [-0.2, -0.15) is 0 Å². The van der Waals surface area contributed by atoms with Gasteiger partial charge < -0.3 is 9.80 Å². The summed E-state index contributed by atoms with van der Waals surface area (Å²) in [7, 11) is 3.27. The molecule has 0 aromatic rings. The van der Waals surface area contributed by atoms with E-state index in [1.54, 1.807) is 21.6 Å². The summed E-state index contributed by atoms with van der Waals surface area (Å²) in [5, 5.41) is 0. The second kappa shape index (κ2) is 5.01. The smallest absolute Gasteiger partial charge is 0.147 e. The highest BCUT2D eigenvalue weighted by Crippen LogP contribution is 2.31. The van der Waals surface area contributed by atoms with Gasteiger partial charge in [0.1, 0.15) is 8.64 Å². The standard InChI is InChI=1S/C8H12N2S4/c11-7(9-3-1-4-9)13-14-8(12)10-5-2-6-10/h1-6H2. The Morgan fingerprint density at radius 2 is 1.14 bits per heavy atom. The maximum absolute atomic E-state index is 5.28. The van der Waals surface area contributed by atoms with Crippen LogP contribution in [0, 0.1) is 0 Å². The normalized spacial score (nSPS) is 20.0. The molecule has 6 heteroatoms. The van der Waals surface area contributed by atoms with Crippen molar-refractivity contribution in [3.63, 3.8) is 0 Å². The second-order valence-electron chi connectivity index (χ2n) is 3.38. The predicted molar refractivity (Wildman–Crippen MR) is 72.8 cm³/mol. The van der Waals surface area contributed by atoms with E-state index >= 15 is 0 Å². The lowest BCUT2D eigenvalue weighted by Crippen LogP contribution is -2.40. The zero-order valence-corrected chi connectivity index (χ0v) is 11.0. The van der Waals surface area contributed by atoms with Crippen LogP contribution in [0.4, 0.5) is 0 Å². The van der Waals surface area contributed by atoms with E-state index in [1.807, 2.05) is 0 Å². The molecule has 2 fully saturated rings. The van der Waals surface area contributed by atoms with Crippen molar-refractivity contribution in [2.24, 2.45) is 0 Å². The molecule has 2 saturated heterocycles. The molecular weight excluding hydrogens is 252 g/mol. The van der Waals surface area contributed by atoms with Gasteiger partial charge in [0, 0.05) is 26.2 Å². The monoisotopic (exact) mass is 264 g/mol. The molecule has 0 aromatic carbocycles. The molecule has 0 amide bonds. The molecule has 0 spiro atoms. The van der Waals surface area contributed by atoms with Crippen LogP contribution in [0.2, 0.25) is 0 Å². The lowest BCUT2D eigenvalue weighted by Gasteiger charge is -2.34. The number of nitrogens with zero attached hydrogens (tertiary/aromatic N) is 2. The molecule has 2 rings (SSSR count). The van der Waals surface area contributed by atoms with Crippen LogP contribution >= 0.6 is 46.0 Å². The van der Waals surface area contributed by atoms with Crippen LogP contribution < -0.4 is 0 Å². The molecule has 0 saturated carbocycles. The molecule has 0 atom stereocenters. The van der Waals surface area contributed by atoms with Crippen molar-refractivity contribution in [2.45, 2.75) is 12.8 Å². The highest BCUT2D eigenvalue weighted by atomic mass is 33.1. The zero-order chi connectivity index (χ0) is 9.97. The molecule has 2 heterocycles. The molecule has 0 radical (unpaired) electrons. The topological polar surface area (TPSA) is 6.48 Å². The van der Waals surface area contributed by atoms with Gasteiger partial charge in [-0.1, -0.05) is 24.4 Å². The van der Waals surface area contributed by atoms with Gasteiger partial charge in [-0.05, 0) is 34.4 Å². The predicted octanol–water partition coefficient (Wildman–Crippen LogP) is 2.35. The first-order valence-corrected chi connectivity index (χ1v) is 7.66. The SMILES string of the molecule is S=C(SSC(=S)N1CCC1)N1CCC1. The van der Waals surface area contributed by atoms with Crippen molar-refractivity contribution >= 4 is 54.7 Å². The van der Waals surface area contributed by atoms with Crippen LogP contribution in [0.1, 0.15) is 12.8 Å². The quantitative estimate of drug-likeness (QED) is 0.486. The molecule has 0 bridgehead atoms. The van der Waals surface area contributed by atoms with Gasteiger partial charge in [-0.15, -0.1) is 0 Å². The summed E-state index contributed by atoms with van der Waals surface area (Å²) in [6, 6.07) is 0. The largest absolute Gasteiger partial charge is 0.357 e. The number of thiocarbonyl (C=S) groups is 2. The highest BCUT2D eigenvalue weighted by molar-refractivity contribution is 8.89. The average Bonchev–Trinajstić information content (AvgIpc) is 1.94. The van der Waals surface area contributed by atoms with Crippen molar-refractivity contribution in [3.05, 3.63) is 0 Å². The maximum Gasteiger partial charge on any atom is 0.147 e. The van der Waals surface area contributed by atoms with Crippen molar-refractivity contribution < 1.29 is 0 Å². The van der Waals surface area contributed by atoms with Gasteiger partial charge in [-0.25, -0.2) is 0 Å². The Labute approximate surface area is 103 Å². The second-order valence-corrected chi connectivity index (χ2v) is 6.78. The van der Waals surface area contributed by atoms with Crippen LogP contribution in [0.5, 0.6) is 0 Å². The van der Waals surface area contributed by atoms with E-state index in [4.69, 9.17) is 24.4 Å². The van der Waals surface area contributed by atoms with Gasteiger partial charge in [0.25, 0.3) is 0 Å². The summed E-state index contributed by atoms with van der Waals surface area (Å²) in [4.78, 5) is 4.46. The van der Waals surface area contributed by atoms with Crippen molar-refractivity contribution in [1.29, 1.82) is 0 Å². The molecule has 14 heavy (non-hydrogen) atoms. The molecule has 2 aliphatic rings. The van der Waals surface area contributed by atoms with Crippen LogP contribution in [-0.2, 0) is 0 Å². The Morgan fingerprint density at radius 1 is 0.786 bits per heavy atom. The van der Waals surface area contributed by atoms with Crippen LogP contribution in [0.25, 0.3) is 0 Å². The van der Waals surface area contributed by atoms with Gasteiger partial charge in [0.15, 0.2) is 0 Å². The fraction of sp³-hybridized carbons (Fsp3) is 0.750. The molecule has 2 nitrogen and oxygen atoms in total. The minimum atomic E-state index is 0.990. The molecular formula is C8H12N2S4. The third kappa shape index (κ3) is 2.53. The Balaban J connectivity index is 1.65. The number of hydrogen-bond acceptors (Lipinski definition) is 4. The van der Waals surface area contributed by atoms with Crippen LogP contribution in [-0.4, -0.2) is 44.6 Å². The summed E-state index contributed by atoms with van der Waals surface area (Å²) >= 11 is 10.6. The molecule has 0 N–H and O–H groups in total. The van der Waals surface area contributed by atoms with E-state index in [0.29, 0.717) is 0 Å². The van der Waals surface area contributed by atoms with Gasteiger partial charge >= 0.3 is 0 Å². The summed E-state index contributed by atoms with van der Waals surface area (Å²) in [6.07, 6.45) is 2.56. The maximum atomic E-state index is 5.28. The number of likely N-dealkylation sites (tertiary alicyclic amines) is 2. The Bertz CT molecular complexity index is 222. The van der Waals surface area contributed by atoms with E-state index in [2.05, 4.69) is 9.80 Å². The minimum Gasteiger partial charge on any atom is -0.357 e. The van der Waals surface area contributed by atoms with E-state index in [-0.39, 0.29) is 0 Å². The Kier molecular flexibility index (Phi) is 3.93. The summed E-state index contributed by atoms with van der Waals surface area (Å²) in [5.74, 6) is 0. The average molecular weight is 264 g/mol. The summed E-state index contributed by atoms with van der Waals surface area (Å²) in [6.45, 7) is 4.51. The number of rotatable bonds is 0. The fourth-order valence-electron chi connectivity index (χ4n) is 1.17. The molecule has 78 valence electrons. The molecule has 0 aromatic heterocycles. The molecule has 0 aliphatic carbocycles. The van der Waals surface area contributed by atoms with Crippen molar-refractivity contribution in [1.82, 2.24) is 9.80 Å². The zero-order valence-electron chi connectivity index (χ0n) is 7.77. The Morgan fingerprint density at radius 3 is 1.36 bits per heavy atom. The van der Waals surface area contributed by atoms with Crippen LogP contribution in [0.15, 0.2) is 0 Å². The fourth-order valence-corrected chi connectivity index (χ4v) is 3.93. The lowest BCUT2D eigenvalue weighted by molar-refractivity contribution is 0.311. The molecule has 0 unspecified atom stereocenters. The number of hydrogen-bond donors (Lipinski definition) is 0. The highest BCUT2D eigenvalue weighted by Gasteiger charge is 2.21. The first-order chi connectivity index (χ1) is 6.77. The third-order valence-corrected chi connectivity index (χ3v) is 6.14. The third-order valence-electron chi connectivity index (χ3n) is 2.41. The van der Waals surface area contributed by atoms with E-state index in [1.165, 1.54) is 12.8 Å².